The minimum atomic E-state index is -2.98. The molecule has 7 heteroatoms. The average Bonchev–Trinajstić information content (AvgIpc) is 2.89. The Bertz CT molecular complexity index is 696. The lowest BCUT2D eigenvalue weighted by atomic mass is 10.1. The molecule has 1 aromatic heterocycles. The van der Waals surface area contributed by atoms with Crippen LogP contribution < -0.4 is 10.6 Å². The van der Waals surface area contributed by atoms with Crippen LogP contribution in [0.3, 0.4) is 0 Å². The number of thiazole rings is 1. The maximum atomic E-state index is 11.3. The summed E-state index contributed by atoms with van der Waals surface area (Å²) < 4.78 is 22.5. The van der Waals surface area contributed by atoms with Crippen LogP contribution in [0, 0.1) is 0 Å². The van der Waals surface area contributed by atoms with E-state index in [-0.39, 0.29) is 5.75 Å². The van der Waals surface area contributed by atoms with Gasteiger partial charge in [-0.15, -0.1) is 0 Å². The van der Waals surface area contributed by atoms with Crippen molar-refractivity contribution in [3.05, 3.63) is 35.2 Å². The largest absolute Gasteiger partial charge is 0.350 e. The molecule has 0 aliphatic heterocycles. The number of anilines is 1. The molecule has 0 saturated carbocycles. The van der Waals surface area contributed by atoms with Gasteiger partial charge >= 0.3 is 0 Å². The SMILES string of the molecule is CN(CCS(C)(=O)=O)c1nc(-c2ccccc2)c(CN)s1. The number of hydrogen-bond acceptors (Lipinski definition) is 6. The predicted octanol–water partition coefficient (Wildman–Crippen LogP) is 1.75. The van der Waals surface area contributed by atoms with E-state index in [9.17, 15) is 8.42 Å². The van der Waals surface area contributed by atoms with Crippen LogP contribution in [0.25, 0.3) is 11.3 Å². The lowest BCUT2D eigenvalue weighted by molar-refractivity contribution is 0.601. The number of nitrogens with two attached hydrogens (primary N) is 1. The molecule has 0 bridgehead atoms. The van der Waals surface area contributed by atoms with Gasteiger partial charge in [-0.05, 0) is 0 Å². The van der Waals surface area contributed by atoms with E-state index < -0.39 is 9.84 Å². The first-order valence-electron chi connectivity index (χ1n) is 6.55. The van der Waals surface area contributed by atoms with Crippen molar-refractivity contribution in [2.45, 2.75) is 6.54 Å². The van der Waals surface area contributed by atoms with Gasteiger partial charge in [0, 0.05) is 36.8 Å². The third-order valence-electron chi connectivity index (χ3n) is 3.04. The van der Waals surface area contributed by atoms with E-state index in [0.29, 0.717) is 13.1 Å². The van der Waals surface area contributed by atoms with Crippen LogP contribution >= 0.6 is 11.3 Å². The quantitative estimate of drug-likeness (QED) is 0.875. The Hall–Kier alpha value is -1.44. The first-order chi connectivity index (χ1) is 9.90. The van der Waals surface area contributed by atoms with Gasteiger partial charge in [-0.3, -0.25) is 0 Å². The summed E-state index contributed by atoms with van der Waals surface area (Å²) in [6.45, 7) is 0.840. The summed E-state index contributed by atoms with van der Waals surface area (Å²) >= 11 is 1.51. The second-order valence-corrected chi connectivity index (χ2v) is 8.21. The zero-order chi connectivity index (χ0) is 15.5. The van der Waals surface area contributed by atoms with Gasteiger partial charge in [-0.25, -0.2) is 13.4 Å². The van der Waals surface area contributed by atoms with Crippen LogP contribution in [0.1, 0.15) is 4.88 Å². The van der Waals surface area contributed by atoms with E-state index >= 15 is 0 Å². The molecule has 0 fully saturated rings. The summed E-state index contributed by atoms with van der Waals surface area (Å²) in [5.74, 6) is 0.113. The number of nitrogens with zero attached hydrogens (tertiary/aromatic N) is 2. The van der Waals surface area contributed by atoms with Crippen molar-refractivity contribution in [1.82, 2.24) is 4.98 Å². The molecule has 5 nitrogen and oxygen atoms in total. The molecule has 114 valence electrons. The molecule has 2 rings (SSSR count). The lowest BCUT2D eigenvalue weighted by Crippen LogP contribution is -2.24. The van der Waals surface area contributed by atoms with E-state index in [2.05, 4.69) is 4.98 Å². The fourth-order valence-electron chi connectivity index (χ4n) is 1.86. The topological polar surface area (TPSA) is 76.3 Å². The summed E-state index contributed by atoms with van der Waals surface area (Å²) in [6.07, 6.45) is 1.24. The Labute approximate surface area is 129 Å². The molecule has 0 aliphatic rings. The van der Waals surface area contributed by atoms with Gasteiger partial charge < -0.3 is 10.6 Å². The highest BCUT2D eigenvalue weighted by Crippen LogP contribution is 2.32. The van der Waals surface area contributed by atoms with Crippen LogP contribution in [0.5, 0.6) is 0 Å². The summed E-state index contributed by atoms with van der Waals surface area (Å²) in [5.41, 5.74) is 7.70. The Morgan fingerprint density at radius 2 is 1.95 bits per heavy atom. The Morgan fingerprint density at radius 1 is 1.29 bits per heavy atom. The van der Waals surface area contributed by atoms with E-state index in [1.165, 1.54) is 17.6 Å². The number of rotatable bonds is 6. The van der Waals surface area contributed by atoms with Crippen molar-refractivity contribution >= 4 is 26.3 Å². The number of benzene rings is 1. The van der Waals surface area contributed by atoms with Gasteiger partial charge in [-0.1, -0.05) is 41.7 Å². The van der Waals surface area contributed by atoms with Crippen LogP contribution in [0.2, 0.25) is 0 Å². The normalized spacial score (nSPS) is 11.6. The average molecular weight is 325 g/mol. The fraction of sp³-hybridized carbons (Fsp3) is 0.357. The number of sulfone groups is 1. The van der Waals surface area contributed by atoms with Crippen LogP contribution in [0.4, 0.5) is 5.13 Å². The molecule has 0 amide bonds. The van der Waals surface area contributed by atoms with Crippen LogP contribution in [-0.2, 0) is 16.4 Å². The summed E-state index contributed by atoms with van der Waals surface area (Å²) in [5, 5.41) is 0.790. The maximum absolute atomic E-state index is 11.3. The highest BCUT2D eigenvalue weighted by atomic mass is 32.2. The van der Waals surface area contributed by atoms with Gasteiger partial charge in [0.15, 0.2) is 5.13 Å². The molecule has 0 saturated heterocycles. The van der Waals surface area contributed by atoms with Crippen molar-refractivity contribution in [3.8, 4) is 11.3 Å². The molecule has 1 heterocycles. The van der Waals surface area contributed by atoms with Crippen LogP contribution in [-0.4, -0.2) is 39.0 Å². The molecule has 2 aromatic rings. The standard InChI is InChI=1S/C14H19N3O2S2/c1-17(8-9-21(2,18)19)14-16-13(12(10-15)20-14)11-6-4-3-5-7-11/h3-7H,8-10,15H2,1-2H3. The van der Waals surface area contributed by atoms with E-state index in [4.69, 9.17) is 5.73 Å². The van der Waals surface area contributed by atoms with Crippen molar-refractivity contribution < 1.29 is 8.42 Å². The minimum absolute atomic E-state index is 0.113. The second kappa shape index (κ2) is 6.55. The Kier molecular flexibility index (Phi) is 4.97. The third kappa shape index (κ3) is 4.26. The van der Waals surface area contributed by atoms with Gasteiger partial charge in [0.25, 0.3) is 0 Å². The van der Waals surface area contributed by atoms with Crippen LogP contribution in [0.15, 0.2) is 30.3 Å². The Balaban J connectivity index is 2.25. The van der Waals surface area contributed by atoms with Crippen molar-refractivity contribution in [2.24, 2.45) is 5.73 Å². The first-order valence-corrected chi connectivity index (χ1v) is 9.42. The molecule has 21 heavy (non-hydrogen) atoms. The zero-order valence-electron chi connectivity index (χ0n) is 12.1. The van der Waals surface area contributed by atoms with Crippen molar-refractivity contribution in [3.63, 3.8) is 0 Å². The number of hydrogen-bond donors (Lipinski definition) is 1. The highest BCUT2D eigenvalue weighted by molar-refractivity contribution is 7.90. The first kappa shape index (κ1) is 15.9. The predicted molar refractivity (Wildman–Crippen MR) is 88.4 cm³/mol. The van der Waals surface area contributed by atoms with E-state index in [1.54, 1.807) is 0 Å². The molecule has 0 aliphatic carbocycles. The van der Waals surface area contributed by atoms with Gasteiger partial charge in [-0.2, -0.15) is 0 Å². The molecule has 0 unspecified atom stereocenters. The lowest BCUT2D eigenvalue weighted by Gasteiger charge is -2.14. The van der Waals surface area contributed by atoms with E-state index in [1.807, 2.05) is 42.3 Å². The van der Waals surface area contributed by atoms with Crippen molar-refractivity contribution in [1.29, 1.82) is 0 Å². The molecule has 0 atom stereocenters. The highest BCUT2D eigenvalue weighted by Gasteiger charge is 2.15. The smallest absolute Gasteiger partial charge is 0.185 e. The monoisotopic (exact) mass is 325 g/mol. The molecule has 2 N–H and O–H groups in total. The molecular weight excluding hydrogens is 306 g/mol. The molecule has 0 radical (unpaired) electrons. The second-order valence-electron chi connectivity index (χ2n) is 4.89. The summed E-state index contributed by atoms with van der Waals surface area (Å²) in [7, 11) is -1.13. The molecular formula is C14H19N3O2S2. The fourth-order valence-corrected chi connectivity index (χ4v) is 3.41. The third-order valence-corrected chi connectivity index (χ3v) is 5.16. The number of aromatic nitrogens is 1. The minimum Gasteiger partial charge on any atom is -0.350 e. The van der Waals surface area contributed by atoms with Gasteiger partial charge in [0.2, 0.25) is 0 Å². The zero-order valence-corrected chi connectivity index (χ0v) is 13.7. The Morgan fingerprint density at radius 3 is 2.52 bits per heavy atom. The maximum Gasteiger partial charge on any atom is 0.185 e. The summed E-state index contributed by atoms with van der Waals surface area (Å²) in [4.78, 5) is 7.48. The van der Waals surface area contributed by atoms with Crippen molar-refractivity contribution in [2.75, 3.05) is 30.5 Å². The molecule has 1 aromatic carbocycles. The molecule has 0 spiro atoms. The van der Waals surface area contributed by atoms with E-state index in [0.717, 1.165) is 21.3 Å². The summed E-state index contributed by atoms with van der Waals surface area (Å²) in [6, 6.07) is 9.87. The van der Waals surface area contributed by atoms with Gasteiger partial charge in [0.1, 0.15) is 9.84 Å². The van der Waals surface area contributed by atoms with Gasteiger partial charge in [0.05, 0.1) is 11.4 Å².